The molecule has 102 valence electrons. The Morgan fingerprint density at radius 2 is 2.16 bits per heavy atom. The first kappa shape index (κ1) is 14.9. The Morgan fingerprint density at radius 1 is 1.47 bits per heavy atom. The first-order chi connectivity index (χ1) is 8.91. The van der Waals surface area contributed by atoms with Crippen LogP contribution >= 0.6 is 0 Å². The molecule has 1 aromatic rings. The number of nitrogens with zero attached hydrogens (tertiary/aromatic N) is 2. The molecule has 0 spiro atoms. The van der Waals surface area contributed by atoms with Gasteiger partial charge in [-0.05, 0) is 18.1 Å². The highest BCUT2D eigenvalue weighted by Gasteiger charge is 2.15. The molecule has 1 heterocycles. The van der Waals surface area contributed by atoms with Crippen molar-refractivity contribution in [1.82, 2.24) is 9.88 Å². The molecular weight excluding hydrogens is 244 g/mol. The first-order valence-electron chi connectivity index (χ1n) is 6.02. The van der Waals surface area contributed by atoms with Crippen molar-refractivity contribution >= 4 is 18.0 Å². The van der Waals surface area contributed by atoms with Crippen molar-refractivity contribution in [2.75, 3.05) is 13.6 Å². The number of aromatic nitrogens is 1. The SMILES string of the molecule is CC(C)CN(C)C(=O)c1ccncc1C=CC(=O)O. The first-order valence-corrected chi connectivity index (χ1v) is 6.02. The highest BCUT2D eigenvalue weighted by Crippen LogP contribution is 2.12. The number of hydrogen-bond donors (Lipinski definition) is 1. The van der Waals surface area contributed by atoms with Gasteiger partial charge < -0.3 is 10.0 Å². The minimum absolute atomic E-state index is 0.138. The number of pyridine rings is 1. The van der Waals surface area contributed by atoms with Gasteiger partial charge in [-0.25, -0.2) is 4.79 Å². The Hall–Kier alpha value is -2.17. The summed E-state index contributed by atoms with van der Waals surface area (Å²) in [5, 5.41) is 8.63. The topological polar surface area (TPSA) is 70.5 Å². The van der Waals surface area contributed by atoms with E-state index in [1.807, 2.05) is 13.8 Å². The second-order valence-corrected chi connectivity index (χ2v) is 4.71. The van der Waals surface area contributed by atoms with E-state index in [9.17, 15) is 9.59 Å². The van der Waals surface area contributed by atoms with E-state index in [1.165, 1.54) is 18.5 Å². The second-order valence-electron chi connectivity index (χ2n) is 4.71. The summed E-state index contributed by atoms with van der Waals surface area (Å²) in [6, 6.07) is 1.60. The Morgan fingerprint density at radius 3 is 2.74 bits per heavy atom. The van der Waals surface area contributed by atoms with Crippen LogP contribution in [0.4, 0.5) is 0 Å². The van der Waals surface area contributed by atoms with Gasteiger partial charge in [0, 0.05) is 43.2 Å². The number of rotatable bonds is 5. The van der Waals surface area contributed by atoms with E-state index in [0.29, 0.717) is 23.6 Å². The summed E-state index contributed by atoms with van der Waals surface area (Å²) in [5.74, 6) is -0.826. The minimum Gasteiger partial charge on any atom is -0.478 e. The van der Waals surface area contributed by atoms with Gasteiger partial charge in [0.05, 0.1) is 0 Å². The smallest absolute Gasteiger partial charge is 0.328 e. The molecule has 1 N–H and O–H groups in total. The van der Waals surface area contributed by atoms with E-state index in [4.69, 9.17) is 5.11 Å². The molecule has 1 amide bonds. The lowest BCUT2D eigenvalue weighted by molar-refractivity contribution is -0.131. The minimum atomic E-state index is -1.06. The van der Waals surface area contributed by atoms with Crippen molar-refractivity contribution in [2.24, 2.45) is 5.92 Å². The molecule has 0 fully saturated rings. The van der Waals surface area contributed by atoms with Gasteiger partial charge in [0.1, 0.15) is 0 Å². The third-order valence-corrected chi connectivity index (χ3v) is 2.47. The van der Waals surface area contributed by atoms with E-state index < -0.39 is 5.97 Å². The van der Waals surface area contributed by atoms with Gasteiger partial charge in [0.25, 0.3) is 5.91 Å². The Kier molecular flexibility index (Phi) is 5.23. The lowest BCUT2D eigenvalue weighted by Gasteiger charge is -2.20. The maximum absolute atomic E-state index is 12.3. The summed E-state index contributed by atoms with van der Waals surface area (Å²) in [6.07, 6.45) is 5.38. The van der Waals surface area contributed by atoms with Gasteiger partial charge in [0.2, 0.25) is 0 Å². The summed E-state index contributed by atoms with van der Waals surface area (Å²) in [5.41, 5.74) is 0.959. The fourth-order valence-corrected chi connectivity index (χ4v) is 1.73. The third-order valence-electron chi connectivity index (χ3n) is 2.47. The van der Waals surface area contributed by atoms with E-state index in [0.717, 1.165) is 6.08 Å². The fraction of sp³-hybridized carbons (Fsp3) is 0.357. The van der Waals surface area contributed by atoms with Crippen molar-refractivity contribution in [3.63, 3.8) is 0 Å². The molecule has 5 heteroatoms. The van der Waals surface area contributed by atoms with Gasteiger partial charge in [0.15, 0.2) is 0 Å². The van der Waals surface area contributed by atoms with Crippen LogP contribution in [0.5, 0.6) is 0 Å². The quantitative estimate of drug-likeness (QED) is 0.823. The molecule has 0 saturated carbocycles. The fourth-order valence-electron chi connectivity index (χ4n) is 1.73. The molecule has 0 unspecified atom stereocenters. The molecular formula is C14H18N2O3. The number of carbonyl (C=O) groups is 2. The van der Waals surface area contributed by atoms with Crippen molar-refractivity contribution in [2.45, 2.75) is 13.8 Å². The van der Waals surface area contributed by atoms with Crippen molar-refractivity contribution in [3.05, 3.63) is 35.7 Å². The van der Waals surface area contributed by atoms with Gasteiger partial charge in [-0.2, -0.15) is 0 Å². The van der Waals surface area contributed by atoms with Crippen LogP contribution in [-0.4, -0.2) is 40.5 Å². The monoisotopic (exact) mass is 262 g/mol. The zero-order valence-corrected chi connectivity index (χ0v) is 11.3. The summed E-state index contributed by atoms with van der Waals surface area (Å²) in [4.78, 5) is 28.3. The number of carboxylic acids is 1. The molecule has 1 rings (SSSR count). The van der Waals surface area contributed by atoms with E-state index >= 15 is 0 Å². The lowest BCUT2D eigenvalue weighted by Crippen LogP contribution is -2.30. The highest BCUT2D eigenvalue weighted by atomic mass is 16.4. The lowest BCUT2D eigenvalue weighted by atomic mass is 10.1. The van der Waals surface area contributed by atoms with Crippen LogP contribution in [0.25, 0.3) is 6.08 Å². The van der Waals surface area contributed by atoms with Crippen LogP contribution < -0.4 is 0 Å². The Bertz CT molecular complexity index is 495. The molecule has 0 aromatic carbocycles. The van der Waals surface area contributed by atoms with Gasteiger partial charge in [-0.3, -0.25) is 9.78 Å². The maximum Gasteiger partial charge on any atom is 0.328 e. The number of aliphatic carboxylic acids is 1. The van der Waals surface area contributed by atoms with Gasteiger partial charge in [-0.1, -0.05) is 13.8 Å². The average Bonchev–Trinajstić information content (AvgIpc) is 2.35. The molecule has 0 saturated heterocycles. The average molecular weight is 262 g/mol. The maximum atomic E-state index is 12.3. The molecule has 19 heavy (non-hydrogen) atoms. The molecule has 5 nitrogen and oxygen atoms in total. The normalized spacial score (nSPS) is 10.9. The summed E-state index contributed by atoms with van der Waals surface area (Å²) in [6.45, 7) is 4.70. The summed E-state index contributed by atoms with van der Waals surface area (Å²) in [7, 11) is 1.73. The van der Waals surface area contributed by atoms with Crippen LogP contribution in [0.2, 0.25) is 0 Å². The van der Waals surface area contributed by atoms with Crippen LogP contribution in [0.3, 0.4) is 0 Å². The van der Waals surface area contributed by atoms with Crippen molar-refractivity contribution in [3.8, 4) is 0 Å². The van der Waals surface area contributed by atoms with Crippen LogP contribution in [0, 0.1) is 5.92 Å². The summed E-state index contributed by atoms with van der Waals surface area (Å²) < 4.78 is 0. The molecule has 0 aliphatic heterocycles. The van der Waals surface area contributed by atoms with Gasteiger partial charge in [-0.15, -0.1) is 0 Å². The van der Waals surface area contributed by atoms with Crippen molar-refractivity contribution < 1.29 is 14.7 Å². The number of carbonyl (C=O) groups excluding carboxylic acids is 1. The van der Waals surface area contributed by atoms with E-state index in [2.05, 4.69) is 4.98 Å². The number of amides is 1. The van der Waals surface area contributed by atoms with E-state index in [-0.39, 0.29) is 5.91 Å². The van der Waals surface area contributed by atoms with Crippen LogP contribution in [-0.2, 0) is 4.79 Å². The highest BCUT2D eigenvalue weighted by molar-refractivity contribution is 5.98. The summed E-state index contributed by atoms with van der Waals surface area (Å²) >= 11 is 0. The Balaban J connectivity index is 2.99. The molecule has 0 aliphatic rings. The third kappa shape index (κ3) is 4.54. The molecule has 0 atom stereocenters. The predicted octanol–water partition coefficient (Wildman–Crippen LogP) is 1.91. The van der Waals surface area contributed by atoms with Crippen LogP contribution in [0.15, 0.2) is 24.5 Å². The zero-order chi connectivity index (χ0) is 14.4. The van der Waals surface area contributed by atoms with Crippen LogP contribution in [0.1, 0.15) is 29.8 Å². The van der Waals surface area contributed by atoms with E-state index in [1.54, 1.807) is 18.0 Å². The molecule has 0 bridgehead atoms. The molecule has 0 radical (unpaired) electrons. The molecule has 0 aliphatic carbocycles. The largest absolute Gasteiger partial charge is 0.478 e. The Labute approximate surface area is 112 Å². The van der Waals surface area contributed by atoms with Crippen molar-refractivity contribution in [1.29, 1.82) is 0 Å². The second kappa shape index (κ2) is 6.68. The number of carboxylic acid groups (broad SMARTS) is 1. The molecule has 1 aromatic heterocycles. The predicted molar refractivity (Wildman–Crippen MR) is 72.7 cm³/mol. The van der Waals surface area contributed by atoms with Gasteiger partial charge >= 0.3 is 5.97 Å². The standard InChI is InChI=1S/C14H18N2O3/c1-10(2)9-16(3)14(19)12-6-7-15-8-11(12)4-5-13(17)18/h4-8,10H,9H2,1-3H3,(H,17,18). The zero-order valence-electron chi connectivity index (χ0n) is 11.3. The number of hydrogen-bond acceptors (Lipinski definition) is 3.